The summed E-state index contributed by atoms with van der Waals surface area (Å²) in [5.41, 5.74) is -9.69. The topological polar surface area (TPSA) is 103 Å². The first kappa shape index (κ1) is 32.7. The number of thiazole rings is 1. The largest absolute Gasteiger partial charge is 0.406 e. The maximum absolute atomic E-state index is 14.2. The molecule has 2 amide bonds. The van der Waals surface area contributed by atoms with Gasteiger partial charge >= 0.3 is 12.4 Å². The van der Waals surface area contributed by atoms with Gasteiger partial charge in [0, 0.05) is 24.2 Å². The molecule has 1 aliphatic heterocycles. The minimum Gasteiger partial charge on any atom is -0.394 e. The van der Waals surface area contributed by atoms with E-state index in [0.29, 0.717) is 36.3 Å². The second-order valence-electron chi connectivity index (χ2n) is 10.4. The number of hydrogen-bond donors (Lipinski definition) is 3. The molecule has 0 unspecified atom stereocenters. The molecule has 228 valence electrons. The van der Waals surface area contributed by atoms with Gasteiger partial charge < -0.3 is 20.4 Å². The van der Waals surface area contributed by atoms with E-state index in [0.717, 1.165) is 0 Å². The average molecular weight is 618 g/mol. The molecule has 7 nitrogen and oxygen atoms in total. The first-order valence-electron chi connectivity index (χ1n) is 12.2. The number of likely N-dealkylation sites (tertiary alicyclic amines) is 1. The van der Waals surface area contributed by atoms with E-state index in [2.05, 4.69) is 10.3 Å². The number of hydrogen-bond acceptors (Lipinski definition) is 6. The lowest BCUT2D eigenvalue weighted by Gasteiger charge is -2.34. The molecule has 0 spiro atoms. The lowest BCUT2D eigenvalue weighted by Crippen LogP contribution is -2.51. The van der Waals surface area contributed by atoms with Crippen molar-refractivity contribution in [2.45, 2.75) is 69.4 Å². The quantitative estimate of drug-likeness (QED) is 0.353. The molecule has 0 radical (unpaired) electrons. The first-order valence-corrected chi connectivity index (χ1v) is 13.0. The Labute approximate surface area is 233 Å². The van der Waals surface area contributed by atoms with E-state index in [1.165, 1.54) is 18.7 Å². The van der Waals surface area contributed by atoms with Crippen molar-refractivity contribution in [1.29, 1.82) is 0 Å². The summed E-state index contributed by atoms with van der Waals surface area (Å²) in [6.45, 7) is 2.04. The molecule has 1 fully saturated rings. The summed E-state index contributed by atoms with van der Waals surface area (Å²) < 4.78 is 110. The number of alkyl halides is 8. The molecule has 41 heavy (non-hydrogen) atoms. The van der Waals surface area contributed by atoms with Crippen LogP contribution in [0.1, 0.15) is 71.5 Å². The fourth-order valence-corrected chi connectivity index (χ4v) is 5.32. The van der Waals surface area contributed by atoms with Crippen molar-refractivity contribution in [1.82, 2.24) is 15.2 Å². The summed E-state index contributed by atoms with van der Waals surface area (Å²) in [7, 11) is 0. The van der Waals surface area contributed by atoms with E-state index in [-0.39, 0.29) is 31.0 Å². The molecule has 1 aromatic carbocycles. The summed E-state index contributed by atoms with van der Waals surface area (Å²) in [5, 5.41) is 21.4. The van der Waals surface area contributed by atoms with E-state index in [1.54, 1.807) is 0 Å². The number of benzene rings is 1. The molecule has 1 saturated heterocycles. The number of aliphatic hydroxyl groups excluding tert-OH is 1. The maximum Gasteiger partial charge on any atom is 0.406 e. The van der Waals surface area contributed by atoms with Crippen LogP contribution in [-0.2, 0) is 5.41 Å². The number of aromatic nitrogens is 1. The third kappa shape index (κ3) is 6.48. The van der Waals surface area contributed by atoms with Crippen LogP contribution >= 0.6 is 11.3 Å². The van der Waals surface area contributed by atoms with E-state index in [9.17, 15) is 54.9 Å². The molecule has 1 aliphatic rings. The van der Waals surface area contributed by atoms with Gasteiger partial charge in [-0.25, -0.2) is 13.8 Å². The highest BCUT2D eigenvalue weighted by Gasteiger charge is 2.68. The molecule has 0 aliphatic carbocycles. The predicted molar refractivity (Wildman–Crippen MR) is 132 cm³/mol. The first-order chi connectivity index (χ1) is 18.7. The Morgan fingerprint density at radius 3 is 2.24 bits per heavy atom. The van der Waals surface area contributed by atoms with Gasteiger partial charge in [-0.2, -0.15) is 26.3 Å². The molecule has 0 bridgehead atoms. The number of nitrogens with zero attached hydrogens (tertiary/aromatic N) is 2. The second kappa shape index (κ2) is 11.4. The highest BCUT2D eigenvalue weighted by atomic mass is 32.1. The Bertz CT molecular complexity index is 1270. The summed E-state index contributed by atoms with van der Waals surface area (Å²) in [5.74, 6) is -1.77. The summed E-state index contributed by atoms with van der Waals surface area (Å²) in [6, 6.07) is 0.454. The lowest BCUT2D eigenvalue weighted by molar-refractivity contribution is -0.297. The lowest BCUT2D eigenvalue weighted by atomic mass is 9.79. The van der Waals surface area contributed by atoms with Gasteiger partial charge in [0.15, 0.2) is 10.4 Å². The van der Waals surface area contributed by atoms with Gasteiger partial charge in [0.25, 0.3) is 18.2 Å². The Morgan fingerprint density at radius 1 is 1.12 bits per heavy atom. The molecule has 0 saturated carbocycles. The molecule has 16 heteroatoms. The Morgan fingerprint density at radius 2 is 1.73 bits per heavy atom. The van der Waals surface area contributed by atoms with Crippen LogP contribution in [0.3, 0.4) is 0 Å². The molecule has 3 rings (SSSR count). The smallest absolute Gasteiger partial charge is 0.394 e. The number of halogens is 8. The van der Waals surface area contributed by atoms with Crippen LogP contribution in [0.2, 0.25) is 0 Å². The highest BCUT2D eigenvalue weighted by molar-refractivity contribution is 7.17. The monoisotopic (exact) mass is 617 g/mol. The van der Waals surface area contributed by atoms with Gasteiger partial charge in [0.1, 0.15) is 5.69 Å². The zero-order valence-electron chi connectivity index (χ0n) is 22.0. The number of aliphatic hydroxyl groups is 2. The Kier molecular flexibility index (Phi) is 9.11. The number of rotatable bonds is 8. The SMILES string of the molecule is CC(C)(O)CNC(=O)c1nc(C(=O)N2CCC[C@@H]2CO)c(-c2ccc(C(C)(C(F)(F)F)C(F)(F)F)cc2C(F)F)s1. The fourth-order valence-electron chi connectivity index (χ4n) is 4.29. The minimum atomic E-state index is -5.89. The van der Waals surface area contributed by atoms with E-state index in [4.69, 9.17) is 0 Å². The maximum atomic E-state index is 14.2. The third-order valence-corrected chi connectivity index (χ3v) is 7.88. The zero-order chi connectivity index (χ0) is 31.1. The molecular weight excluding hydrogens is 590 g/mol. The van der Waals surface area contributed by atoms with E-state index in [1.807, 2.05) is 0 Å². The zero-order valence-corrected chi connectivity index (χ0v) is 22.8. The van der Waals surface area contributed by atoms with Crippen molar-refractivity contribution in [3.05, 3.63) is 40.0 Å². The van der Waals surface area contributed by atoms with Crippen LogP contribution in [0.15, 0.2) is 18.2 Å². The molecule has 2 heterocycles. The van der Waals surface area contributed by atoms with Crippen molar-refractivity contribution in [3.8, 4) is 10.4 Å². The van der Waals surface area contributed by atoms with Crippen molar-refractivity contribution in [3.63, 3.8) is 0 Å². The molecular formula is C25H27F8N3O4S. The molecule has 2 aromatic rings. The fraction of sp³-hybridized carbons (Fsp3) is 0.560. The van der Waals surface area contributed by atoms with Crippen LogP contribution in [-0.4, -0.2) is 75.6 Å². The van der Waals surface area contributed by atoms with Gasteiger partial charge in [-0.15, -0.1) is 11.3 Å². The van der Waals surface area contributed by atoms with Crippen LogP contribution in [0.4, 0.5) is 35.1 Å². The van der Waals surface area contributed by atoms with Gasteiger partial charge in [-0.3, -0.25) is 9.59 Å². The molecule has 1 aromatic heterocycles. The average Bonchev–Trinajstić information content (AvgIpc) is 3.51. The van der Waals surface area contributed by atoms with Crippen LogP contribution < -0.4 is 5.32 Å². The number of carbonyl (C=O) groups excluding carboxylic acids is 2. The van der Waals surface area contributed by atoms with Gasteiger partial charge in [-0.1, -0.05) is 12.1 Å². The summed E-state index contributed by atoms with van der Waals surface area (Å²) >= 11 is 0.431. The van der Waals surface area contributed by atoms with Crippen molar-refractivity contribution in [2.75, 3.05) is 19.7 Å². The van der Waals surface area contributed by atoms with Crippen molar-refractivity contribution < 1.29 is 54.9 Å². The van der Waals surface area contributed by atoms with Gasteiger partial charge in [-0.05, 0) is 45.2 Å². The second-order valence-corrected chi connectivity index (χ2v) is 11.4. The van der Waals surface area contributed by atoms with Gasteiger partial charge in [0.05, 0.1) is 23.1 Å². The number of carbonyl (C=O) groups is 2. The predicted octanol–water partition coefficient (Wildman–Crippen LogP) is 5.23. The normalized spacial score (nSPS) is 16.9. The van der Waals surface area contributed by atoms with Crippen LogP contribution in [0.25, 0.3) is 10.4 Å². The van der Waals surface area contributed by atoms with E-state index >= 15 is 0 Å². The third-order valence-electron chi connectivity index (χ3n) is 6.80. The minimum absolute atomic E-state index is 0.0926. The van der Waals surface area contributed by atoms with Crippen LogP contribution in [0.5, 0.6) is 0 Å². The van der Waals surface area contributed by atoms with Crippen molar-refractivity contribution >= 4 is 23.2 Å². The number of nitrogens with one attached hydrogen (secondary N) is 1. The van der Waals surface area contributed by atoms with E-state index < -0.39 is 81.6 Å². The summed E-state index contributed by atoms with van der Waals surface area (Å²) in [6.07, 6.45) is -14.5. The Balaban J connectivity index is 2.22. The number of amides is 2. The van der Waals surface area contributed by atoms with Crippen molar-refractivity contribution in [2.24, 2.45) is 0 Å². The Hall–Kier alpha value is -2.85. The standard InChI is InChI=1S/C25H27F8N3O4S/c1-22(2,40)11-34-19(38)20-35-16(21(39)36-8-4-5-13(36)10-37)17(41-20)14-7-6-12(9-15(14)18(26)27)23(3,24(28,29)30)25(31,32)33/h6-7,9,13,18,37,40H,4-5,8,10-11H2,1-3H3,(H,34,38)/t13-/m1/s1. The van der Waals surface area contributed by atoms with Gasteiger partial charge in [0.2, 0.25) is 0 Å². The molecule has 3 N–H and O–H groups in total. The molecule has 1 atom stereocenters. The highest BCUT2D eigenvalue weighted by Crippen LogP contribution is 2.53. The summed E-state index contributed by atoms with van der Waals surface area (Å²) in [4.78, 5) is 31.0. The van der Waals surface area contributed by atoms with Crippen LogP contribution in [0, 0.1) is 0 Å².